The number of piperidine rings is 1. The van der Waals surface area contributed by atoms with E-state index in [4.69, 9.17) is 4.74 Å². The number of hydrogen-bond donors (Lipinski definition) is 1. The van der Waals surface area contributed by atoms with Gasteiger partial charge in [0.15, 0.2) is 6.10 Å². The fourth-order valence-electron chi connectivity index (χ4n) is 2.94. The number of aryl methyl sites for hydroxylation is 1. The van der Waals surface area contributed by atoms with E-state index in [1.54, 1.807) is 0 Å². The first-order valence-electron chi connectivity index (χ1n) is 8.63. The summed E-state index contributed by atoms with van der Waals surface area (Å²) in [4.78, 5) is 14.7. The molecule has 0 bridgehead atoms. The van der Waals surface area contributed by atoms with Gasteiger partial charge in [0, 0.05) is 6.04 Å². The van der Waals surface area contributed by atoms with Crippen LogP contribution in [0.2, 0.25) is 0 Å². The molecule has 1 atom stereocenters. The molecule has 23 heavy (non-hydrogen) atoms. The third-order valence-electron chi connectivity index (χ3n) is 4.53. The summed E-state index contributed by atoms with van der Waals surface area (Å²) in [5.41, 5.74) is 2.29. The van der Waals surface area contributed by atoms with Crippen LogP contribution in [0.25, 0.3) is 0 Å². The molecule has 1 aliphatic rings. The van der Waals surface area contributed by atoms with Crippen LogP contribution in [0, 0.1) is 6.92 Å². The SMILES string of the molecule is Cc1ccc(C(C)C)c(O[C@H](C)C(=O)NC2CCN(C)CC2)c1. The molecule has 1 aliphatic heterocycles. The lowest BCUT2D eigenvalue weighted by atomic mass is 10.0. The van der Waals surface area contributed by atoms with Crippen molar-refractivity contribution in [1.82, 2.24) is 10.2 Å². The van der Waals surface area contributed by atoms with Crippen molar-refractivity contribution >= 4 is 5.91 Å². The molecule has 128 valence electrons. The number of amides is 1. The molecule has 0 saturated carbocycles. The average molecular weight is 318 g/mol. The lowest BCUT2D eigenvalue weighted by molar-refractivity contribution is -0.128. The highest BCUT2D eigenvalue weighted by atomic mass is 16.5. The maximum atomic E-state index is 12.4. The standard InChI is InChI=1S/C19H30N2O2/c1-13(2)17-7-6-14(3)12-18(17)23-15(4)19(22)20-16-8-10-21(5)11-9-16/h6-7,12-13,15-16H,8-11H2,1-5H3,(H,20,22)/t15-/m1/s1. The third kappa shape index (κ3) is 4.96. The Bertz CT molecular complexity index is 534. The highest BCUT2D eigenvalue weighted by molar-refractivity contribution is 5.81. The second-order valence-electron chi connectivity index (χ2n) is 7.04. The molecule has 0 unspecified atom stereocenters. The van der Waals surface area contributed by atoms with Crippen molar-refractivity contribution in [2.75, 3.05) is 20.1 Å². The Balaban J connectivity index is 1.97. The molecule has 4 heteroatoms. The number of carbonyl (C=O) groups is 1. The molecule has 4 nitrogen and oxygen atoms in total. The Morgan fingerprint density at radius 2 is 1.91 bits per heavy atom. The van der Waals surface area contributed by atoms with Crippen molar-refractivity contribution in [2.24, 2.45) is 0 Å². The predicted molar refractivity (Wildman–Crippen MR) is 94.0 cm³/mol. The quantitative estimate of drug-likeness (QED) is 0.907. The first-order valence-corrected chi connectivity index (χ1v) is 8.63. The van der Waals surface area contributed by atoms with Gasteiger partial charge in [0.05, 0.1) is 0 Å². The van der Waals surface area contributed by atoms with E-state index in [2.05, 4.69) is 43.2 Å². The van der Waals surface area contributed by atoms with Crippen molar-refractivity contribution in [3.8, 4) is 5.75 Å². The van der Waals surface area contributed by atoms with Crippen LogP contribution < -0.4 is 10.1 Å². The van der Waals surface area contributed by atoms with Crippen LogP contribution in [-0.4, -0.2) is 43.1 Å². The summed E-state index contributed by atoms with van der Waals surface area (Å²) >= 11 is 0. The average Bonchev–Trinajstić information content (AvgIpc) is 2.49. The second kappa shape index (κ2) is 7.82. The summed E-state index contributed by atoms with van der Waals surface area (Å²) in [7, 11) is 2.12. The van der Waals surface area contributed by atoms with Crippen molar-refractivity contribution in [2.45, 2.75) is 58.6 Å². The molecule has 0 radical (unpaired) electrons. The molecule has 1 fully saturated rings. The molecular formula is C19H30N2O2. The number of benzene rings is 1. The summed E-state index contributed by atoms with van der Waals surface area (Å²) < 4.78 is 5.99. The zero-order valence-corrected chi connectivity index (χ0v) is 15.1. The molecule has 1 N–H and O–H groups in total. The topological polar surface area (TPSA) is 41.6 Å². The van der Waals surface area contributed by atoms with Gasteiger partial charge in [-0.3, -0.25) is 4.79 Å². The summed E-state index contributed by atoms with van der Waals surface area (Å²) in [6.07, 6.45) is 1.54. The molecule has 0 aromatic heterocycles. The molecule has 0 aliphatic carbocycles. The highest BCUT2D eigenvalue weighted by Crippen LogP contribution is 2.28. The maximum Gasteiger partial charge on any atom is 0.260 e. The van der Waals surface area contributed by atoms with E-state index < -0.39 is 6.10 Å². The number of ether oxygens (including phenoxy) is 1. The number of nitrogens with zero attached hydrogens (tertiary/aromatic N) is 1. The van der Waals surface area contributed by atoms with E-state index in [1.807, 2.05) is 19.9 Å². The van der Waals surface area contributed by atoms with Gasteiger partial charge in [-0.05, 0) is 69.9 Å². The van der Waals surface area contributed by atoms with Gasteiger partial charge in [-0.1, -0.05) is 26.0 Å². The minimum atomic E-state index is -0.478. The lowest BCUT2D eigenvalue weighted by Gasteiger charge is -2.30. The minimum Gasteiger partial charge on any atom is -0.481 e. The molecule has 0 spiro atoms. The lowest BCUT2D eigenvalue weighted by Crippen LogP contribution is -2.47. The van der Waals surface area contributed by atoms with Gasteiger partial charge in [0.1, 0.15) is 5.75 Å². The summed E-state index contributed by atoms with van der Waals surface area (Å²) in [5.74, 6) is 1.18. The normalized spacial score (nSPS) is 18.0. The number of carbonyl (C=O) groups excluding carboxylic acids is 1. The van der Waals surface area contributed by atoms with Gasteiger partial charge in [-0.15, -0.1) is 0 Å². The third-order valence-corrected chi connectivity index (χ3v) is 4.53. The monoisotopic (exact) mass is 318 g/mol. The zero-order chi connectivity index (χ0) is 17.0. The summed E-state index contributed by atoms with van der Waals surface area (Å²) in [6, 6.07) is 6.48. The zero-order valence-electron chi connectivity index (χ0n) is 15.1. The number of rotatable bonds is 5. The molecular weight excluding hydrogens is 288 g/mol. The van der Waals surface area contributed by atoms with E-state index in [0.717, 1.165) is 42.8 Å². The Morgan fingerprint density at radius 3 is 2.52 bits per heavy atom. The molecule has 1 amide bonds. The number of hydrogen-bond acceptors (Lipinski definition) is 3. The van der Waals surface area contributed by atoms with Crippen LogP contribution in [0.1, 0.15) is 50.7 Å². The fourth-order valence-corrected chi connectivity index (χ4v) is 2.94. The summed E-state index contributed by atoms with van der Waals surface area (Å²) in [5, 5.41) is 3.13. The molecule has 1 aromatic carbocycles. The van der Waals surface area contributed by atoms with Crippen LogP contribution in [0.5, 0.6) is 5.75 Å². The number of nitrogens with one attached hydrogen (secondary N) is 1. The van der Waals surface area contributed by atoms with Crippen molar-refractivity contribution in [3.05, 3.63) is 29.3 Å². The van der Waals surface area contributed by atoms with Gasteiger partial charge in [0.2, 0.25) is 0 Å². The first-order chi connectivity index (χ1) is 10.9. The minimum absolute atomic E-state index is 0.0178. The van der Waals surface area contributed by atoms with E-state index in [0.29, 0.717) is 5.92 Å². The van der Waals surface area contributed by atoms with Gasteiger partial charge >= 0.3 is 0 Å². The highest BCUT2D eigenvalue weighted by Gasteiger charge is 2.23. The number of likely N-dealkylation sites (tertiary alicyclic amines) is 1. The van der Waals surface area contributed by atoms with Crippen molar-refractivity contribution in [1.29, 1.82) is 0 Å². The largest absolute Gasteiger partial charge is 0.481 e. The Labute approximate surface area is 140 Å². The first kappa shape index (κ1) is 17.8. The smallest absolute Gasteiger partial charge is 0.260 e. The van der Waals surface area contributed by atoms with Crippen LogP contribution in [0.15, 0.2) is 18.2 Å². The van der Waals surface area contributed by atoms with Crippen LogP contribution >= 0.6 is 0 Å². The molecule has 1 saturated heterocycles. The Hall–Kier alpha value is -1.55. The molecule has 2 rings (SSSR count). The molecule has 1 heterocycles. The van der Waals surface area contributed by atoms with Crippen LogP contribution in [0.3, 0.4) is 0 Å². The summed E-state index contributed by atoms with van der Waals surface area (Å²) in [6.45, 7) is 10.2. The van der Waals surface area contributed by atoms with E-state index in [-0.39, 0.29) is 11.9 Å². The van der Waals surface area contributed by atoms with Gasteiger partial charge in [-0.25, -0.2) is 0 Å². The van der Waals surface area contributed by atoms with E-state index in [1.165, 1.54) is 0 Å². The Morgan fingerprint density at radius 1 is 1.26 bits per heavy atom. The maximum absolute atomic E-state index is 12.4. The van der Waals surface area contributed by atoms with Gasteiger partial charge in [0.25, 0.3) is 5.91 Å². The van der Waals surface area contributed by atoms with Crippen molar-refractivity contribution < 1.29 is 9.53 Å². The fraction of sp³-hybridized carbons (Fsp3) is 0.632. The van der Waals surface area contributed by atoms with E-state index in [9.17, 15) is 4.79 Å². The Kier molecular flexibility index (Phi) is 6.05. The van der Waals surface area contributed by atoms with Crippen molar-refractivity contribution in [3.63, 3.8) is 0 Å². The van der Waals surface area contributed by atoms with Crippen LogP contribution in [-0.2, 0) is 4.79 Å². The van der Waals surface area contributed by atoms with Gasteiger partial charge in [-0.2, -0.15) is 0 Å². The van der Waals surface area contributed by atoms with Gasteiger partial charge < -0.3 is 15.0 Å². The predicted octanol–water partition coefficient (Wildman–Crippen LogP) is 3.10. The molecule has 1 aromatic rings. The van der Waals surface area contributed by atoms with E-state index >= 15 is 0 Å². The van der Waals surface area contributed by atoms with Crippen LogP contribution in [0.4, 0.5) is 0 Å². The second-order valence-corrected chi connectivity index (χ2v) is 7.04.